The van der Waals surface area contributed by atoms with Crippen molar-refractivity contribution in [1.82, 2.24) is 0 Å². The number of fused-ring (bicyclic) bond motifs is 1. The van der Waals surface area contributed by atoms with Gasteiger partial charge in [-0.2, -0.15) is 0 Å². The van der Waals surface area contributed by atoms with E-state index in [1.807, 2.05) is 36.4 Å². The van der Waals surface area contributed by atoms with Crippen molar-refractivity contribution in [2.24, 2.45) is 0 Å². The first-order valence-corrected chi connectivity index (χ1v) is 26.6. The van der Waals surface area contributed by atoms with Gasteiger partial charge in [0.05, 0.1) is 51.8 Å². The summed E-state index contributed by atoms with van der Waals surface area (Å²) in [5.41, 5.74) is 2.37. The highest BCUT2D eigenvalue weighted by atomic mass is 16.5. The van der Waals surface area contributed by atoms with E-state index in [1.54, 1.807) is 36.4 Å². The lowest BCUT2D eigenvalue weighted by Gasteiger charge is -2.13. The van der Waals surface area contributed by atoms with Crippen LogP contribution in [0.3, 0.4) is 0 Å². The number of carbonyl (C=O) groups excluding carboxylic acids is 4. The van der Waals surface area contributed by atoms with Crippen molar-refractivity contribution in [3.05, 3.63) is 151 Å². The molecule has 0 atom stereocenters. The standard InChI is InChI=1S/C63H74O12/c1-4-7-8-9-22-45-74-63(67)58-48-57(75-62(66)51-29-34-55(35-30-51)69-40-17-11-14-20-43-72-60(64)5-2)37-38-59(58)71-42-19-13-10-16-39-68-54-32-26-49(27-33-54)23-24-50-25-28-53-47-56(36-31-52(53)46-50)70-41-18-12-15-21-44-73-61(65)6-3/h5-6,25-38,46-48H,2-4,7-22,39-45H2,1H3. The summed E-state index contributed by atoms with van der Waals surface area (Å²) < 4.78 is 45.3. The van der Waals surface area contributed by atoms with Crippen LogP contribution in [0.15, 0.2) is 128 Å². The van der Waals surface area contributed by atoms with E-state index in [0.29, 0.717) is 63.3 Å². The molecule has 0 radical (unpaired) electrons. The maximum Gasteiger partial charge on any atom is 0.343 e. The first-order valence-electron chi connectivity index (χ1n) is 26.6. The molecule has 0 saturated heterocycles. The van der Waals surface area contributed by atoms with Crippen LogP contribution in [0.5, 0.6) is 28.7 Å². The van der Waals surface area contributed by atoms with Crippen LogP contribution in [0.25, 0.3) is 10.8 Å². The van der Waals surface area contributed by atoms with Crippen LogP contribution in [0.4, 0.5) is 0 Å². The largest absolute Gasteiger partial charge is 0.494 e. The molecule has 0 aromatic heterocycles. The van der Waals surface area contributed by atoms with Crippen molar-refractivity contribution in [3.63, 3.8) is 0 Å². The number of carbonyl (C=O) groups is 4. The fourth-order valence-electron chi connectivity index (χ4n) is 7.72. The SMILES string of the molecule is C=CC(=O)OCCCCCCOc1ccc(C(=O)Oc2ccc(OCCCCCCOc3ccc(C#Cc4ccc5cc(OCCCCCCOC(=O)C=C)ccc5c4)cc3)c(C(=O)OCCCCCCC)c2)cc1. The van der Waals surface area contributed by atoms with Crippen molar-refractivity contribution < 1.29 is 57.1 Å². The molecule has 0 aliphatic carbocycles. The quantitative estimate of drug-likeness (QED) is 0.00941. The molecular weight excluding hydrogens is 949 g/mol. The van der Waals surface area contributed by atoms with Gasteiger partial charge in [0.25, 0.3) is 0 Å². The lowest BCUT2D eigenvalue weighted by Crippen LogP contribution is -2.12. The lowest BCUT2D eigenvalue weighted by molar-refractivity contribution is -0.138. The Kier molecular flexibility index (Phi) is 27.1. The molecule has 0 heterocycles. The van der Waals surface area contributed by atoms with E-state index in [-0.39, 0.29) is 17.3 Å². The molecule has 5 aromatic carbocycles. The maximum absolute atomic E-state index is 13.3. The van der Waals surface area contributed by atoms with Crippen LogP contribution in [-0.4, -0.2) is 70.1 Å². The molecule has 75 heavy (non-hydrogen) atoms. The Balaban J connectivity index is 0.996. The fraction of sp³-hybridized carbons (Fsp3) is 0.397. The van der Waals surface area contributed by atoms with Crippen LogP contribution in [0.2, 0.25) is 0 Å². The number of ether oxygens (including phenoxy) is 8. The molecule has 5 rings (SSSR count). The molecule has 0 amide bonds. The third kappa shape index (κ3) is 23.1. The highest BCUT2D eigenvalue weighted by Gasteiger charge is 2.18. The normalized spacial score (nSPS) is 10.6. The first-order chi connectivity index (χ1) is 36.7. The average Bonchev–Trinajstić information content (AvgIpc) is 3.43. The van der Waals surface area contributed by atoms with Gasteiger partial charge in [0.15, 0.2) is 0 Å². The predicted molar refractivity (Wildman–Crippen MR) is 293 cm³/mol. The van der Waals surface area contributed by atoms with E-state index in [1.165, 1.54) is 12.1 Å². The Morgan fingerprint density at radius 1 is 0.413 bits per heavy atom. The van der Waals surface area contributed by atoms with Crippen molar-refractivity contribution in [2.75, 3.05) is 46.2 Å². The molecule has 398 valence electrons. The Morgan fingerprint density at radius 3 is 1.43 bits per heavy atom. The minimum Gasteiger partial charge on any atom is -0.494 e. The third-order valence-electron chi connectivity index (χ3n) is 12.0. The topological polar surface area (TPSA) is 142 Å². The predicted octanol–water partition coefficient (Wildman–Crippen LogP) is 13.9. The van der Waals surface area contributed by atoms with Crippen LogP contribution in [0.1, 0.15) is 148 Å². The van der Waals surface area contributed by atoms with Gasteiger partial charge in [-0.1, -0.05) is 69.7 Å². The first kappa shape index (κ1) is 58.4. The molecule has 0 bridgehead atoms. The molecule has 0 N–H and O–H groups in total. The molecule has 0 aliphatic heterocycles. The summed E-state index contributed by atoms with van der Waals surface area (Å²) in [5.74, 6) is 7.50. The molecule has 0 saturated carbocycles. The second kappa shape index (κ2) is 34.8. The van der Waals surface area contributed by atoms with E-state index in [4.69, 9.17) is 37.9 Å². The summed E-state index contributed by atoms with van der Waals surface area (Å²) in [6.07, 6.45) is 18.2. The zero-order valence-corrected chi connectivity index (χ0v) is 43.8. The Labute approximate surface area is 443 Å². The smallest absolute Gasteiger partial charge is 0.343 e. The van der Waals surface area contributed by atoms with Crippen LogP contribution in [-0.2, 0) is 23.8 Å². The number of esters is 4. The molecule has 0 spiro atoms. The summed E-state index contributed by atoms with van der Waals surface area (Å²) in [5, 5.41) is 2.18. The average molecular weight is 1020 g/mol. The van der Waals surface area contributed by atoms with Gasteiger partial charge >= 0.3 is 23.9 Å². The Morgan fingerprint density at radius 2 is 0.853 bits per heavy atom. The van der Waals surface area contributed by atoms with Gasteiger partial charge in [-0.05, 0) is 185 Å². The Bertz CT molecular complexity index is 2610. The van der Waals surface area contributed by atoms with Crippen LogP contribution < -0.4 is 23.7 Å². The van der Waals surface area contributed by atoms with E-state index in [2.05, 4.69) is 56.2 Å². The third-order valence-corrected chi connectivity index (χ3v) is 12.0. The fourth-order valence-corrected chi connectivity index (χ4v) is 7.72. The van der Waals surface area contributed by atoms with Gasteiger partial charge in [-0.15, -0.1) is 0 Å². The van der Waals surface area contributed by atoms with Crippen molar-refractivity contribution in [2.45, 2.75) is 116 Å². The van der Waals surface area contributed by atoms with Gasteiger partial charge in [0.1, 0.15) is 34.3 Å². The van der Waals surface area contributed by atoms with Gasteiger partial charge in [0.2, 0.25) is 0 Å². The zero-order valence-electron chi connectivity index (χ0n) is 43.8. The zero-order chi connectivity index (χ0) is 53.1. The van der Waals surface area contributed by atoms with E-state index >= 15 is 0 Å². The van der Waals surface area contributed by atoms with Crippen molar-refractivity contribution in [1.29, 1.82) is 0 Å². The second-order valence-corrected chi connectivity index (χ2v) is 18.0. The van der Waals surface area contributed by atoms with Gasteiger partial charge in [-0.3, -0.25) is 0 Å². The summed E-state index contributed by atoms with van der Waals surface area (Å²) in [6, 6.07) is 31.6. The van der Waals surface area contributed by atoms with Gasteiger partial charge < -0.3 is 37.9 Å². The lowest BCUT2D eigenvalue weighted by atomic mass is 10.1. The highest BCUT2D eigenvalue weighted by molar-refractivity contribution is 5.94. The number of rotatable bonds is 36. The summed E-state index contributed by atoms with van der Waals surface area (Å²) in [7, 11) is 0. The van der Waals surface area contributed by atoms with E-state index < -0.39 is 17.9 Å². The van der Waals surface area contributed by atoms with Crippen LogP contribution >= 0.6 is 0 Å². The summed E-state index contributed by atoms with van der Waals surface area (Å²) in [4.78, 5) is 48.7. The monoisotopic (exact) mass is 1020 g/mol. The van der Waals surface area contributed by atoms with Crippen molar-refractivity contribution in [3.8, 4) is 40.6 Å². The number of benzene rings is 5. The molecule has 0 aliphatic rings. The van der Waals surface area contributed by atoms with Gasteiger partial charge in [-0.25, -0.2) is 19.2 Å². The van der Waals surface area contributed by atoms with Gasteiger partial charge in [0, 0.05) is 23.3 Å². The molecule has 5 aromatic rings. The minimum atomic E-state index is -0.572. The molecule has 0 fully saturated rings. The van der Waals surface area contributed by atoms with E-state index in [9.17, 15) is 19.2 Å². The second-order valence-electron chi connectivity index (χ2n) is 18.0. The molecule has 0 unspecified atom stereocenters. The summed E-state index contributed by atoms with van der Waals surface area (Å²) in [6.45, 7) is 12.2. The number of unbranched alkanes of at least 4 members (excludes halogenated alkanes) is 13. The number of hydrogen-bond acceptors (Lipinski definition) is 12. The maximum atomic E-state index is 13.3. The molecular formula is C63H74O12. The molecule has 12 heteroatoms. The van der Waals surface area contributed by atoms with Crippen LogP contribution in [0, 0.1) is 11.8 Å². The van der Waals surface area contributed by atoms with Crippen molar-refractivity contribution >= 4 is 34.6 Å². The molecule has 12 nitrogen and oxygen atoms in total. The summed E-state index contributed by atoms with van der Waals surface area (Å²) >= 11 is 0. The number of hydrogen-bond donors (Lipinski definition) is 0. The highest BCUT2D eigenvalue weighted by Crippen LogP contribution is 2.28. The Hall–Kier alpha value is -7.52. The minimum absolute atomic E-state index is 0.204. The van der Waals surface area contributed by atoms with E-state index in [0.717, 1.165) is 149 Å².